The summed E-state index contributed by atoms with van der Waals surface area (Å²) in [6.07, 6.45) is 5.24. The van der Waals surface area contributed by atoms with E-state index in [-0.39, 0.29) is 12.5 Å². The van der Waals surface area contributed by atoms with E-state index in [4.69, 9.17) is 0 Å². The van der Waals surface area contributed by atoms with E-state index in [9.17, 15) is 10.2 Å². The van der Waals surface area contributed by atoms with Gasteiger partial charge in [0, 0.05) is 12.1 Å². The van der Waals surface area contributed by atoms with Crippen LogP contribution in [0.15, 0.2) is 24.4 Å². The van der Waals surface area contributed by atoms with Crippen LogP contribution in [0.4, 0.5) is 5.82 Å². The Hall–Kier alpha value is -1.13. The smallest absolute Gasteiger partial charge is 0.141 e. The number of hydrogen-bond acceptors (Lipinski definition) is 4. The normalized spacial score (nSPS) is 30.0. The van der Waals surface area contributed by atoms with Gasteiger partial charge in [0.05, 0.1) is 6.61 Å². The number of aliphatic hydroxyl groups is 2. The molecule has 88 valence electrons. The minimum Gasteiger partial charge on any atom is -0.396 e. The zero-order valence-electron chi connectivity index (χ0n) is 9.26. The molecule has 0 aromatic carbocycles. The third-order valence-corrected chi connectivity index (χ3v) is 3.27. The number of nitrogens with zero attached hydrogens (tertiary/aromatic N) is 1. The van der Waals surface area contributed by atoms with E-state index >= 15 is 0 Å². The second kappa shape index (κ2) is 4.80. The van der Waals surface area contributed by atoms with Gasteiger partial charge in [0.1, 0.15) is 11.5 Å². The molecule has 0 amide bonds. The van der Waals surface area contributed by atoms with Crippen LogP contribution < -0.4 is 5.32 Å². The molecule has 4 heteroatoms. The van der Waals surface area contributed by atoms with Crippen molar-refractivity contribution in [2.45, 2.75) is 31.4 Å². The lowest BCUT2D eigenvalue weighted by molar-refractivity contribution is -0.0443. The third kappa shape index (κ3) is 2.33. The van der Waals surface area contributed by atoms with Crippen molar-refractivity contribution >= 4 is 5.82 Å². The van der Waals surface area contributed by atoms with Crippen LogP contribution in [0.5, 0.6) is 0 Å². The zero-order valence-corrected chi connectivity index (χ0v) is 9.26. The molecule has 1 heterocycles. The Balaban J connectivity index is 2.11. The maximum atomic E-state index is 10.5. The average molecular weight is 222 g/mol. The third-order valence-electron chi connectivity index (χ3n) is 3.27. The van der Waals surface area contributed by atoms with E-state index in [1.165, 1.54) is 0 Å². The van der Waals surface area contributed by atoms with Gasteiger partial charge in [-0.3, -0.25) is 0 Å². The number of aromatic nitrogens is 1. The minimum atomic E-state index is -1.01. The van der Waals surface area contributed by atoms with E-state index < -0.39 is 5.72 Å². The lowest BCUT2D eigenvalue weighted by atomic mass is 9.81. The van der Waals surface area contributed by atoms with Gasteiger partial charge in [0.2, 0.25) is 0 Å². The molecular formula is C12H18N2O2. The predicted octanol–water partition coefficient (Wildman–Crippen LogP) is 1.36. The fourth-order valence-corrected chi connectivity index (χ4v) is 2.29. The monoisotopic (exact) mass is 222 g/mol. The standard InChI is InChI=1S/C12H18N2O2/c15-9-10-5-1-3-7-12(10,16)14-11-6-2-4-8-13-11/h2,4,6,8,10,15-16H,1,3,5,7,9H2,(H,13,14). The van der Waals surface area contributed by atoms with Crippen molar-refractivity contribution in [1.82, 2.24) is 4.98 Å². The lowest BCUT2D eigenvalue weighted by Gasteiger charge is -2.39. The van der Waals surface area contributed by atoms with Crippen LogP contribution in [-0.4, -0.2) is 27.5 Å². The van der Waals surface area contributed by atoms with Gasteiger partial charge in [0.15, 0.2) is 0 Å². The number of anilines is 1. The summed E-state index contributed by atoms with van der Waals surface area (Å²) < 4.78 is 0. The maximum absolute atomic E-state index is 10.5. The molecule has 3 N–H and O–H groups in total. The van der Waals surface area contributed by atoms with Crippen LogP contribution >= 0.6 is 0 Å². The van der Waals surface area contributed by atoms with Crippen molar-refractivity contribution in [3.05, 3.63) is 24.4 Å². The Morgan fingerprint density at radius 3 is 3.00 bits per heavy atom. The quantitative estimate of drug-likeness (QED) is 0.676. The first-order valence-corrected chi connectivity index (χ1v) is 5.77. The zero-order chi connectivity index (χ0) is 11.4. The van der Waals surface area contributed by atoms with E-state index in [0.717, 1.165) is 19.3 Å². The highest BCUT2D eigenvalue weighted by Gasteiger charge is 2.38. The second-order valence-corrected chi connectivity index (χ2v) is 4.39. The molecule has 2 atom stereocenters. The van der Waals surface area contributed by atoms with Gasteiger partial charge >= 0.3 is 0 Å². The van der Waals surface area contributed by atoms with Gasteiger partial charge in [-0.1, -0.05) is 12.5 Å². The summed E-state index contributed by atoms with van der Waals surface area (Å²) in [4.78, 5) is 4.13. The van der Waals surface area contributed by atoms with Gasteiger partial charge in [-0.2, -0.15) is 0 Å². The molecule has 1 aliphatic carbocycles. The Morgan fingerprint density at radius 2 is 2.31 bits per heavy atom. The topological polar surface area (TPSA) is 65.4 Å². The average Bonchev–Trinajstić information content (AvgIpc) is 2.30. The second-order valence-electron chi connectivity index (χ2n) is 4.39. The van der Waals surface area contributed by atoms with Gasteiger partial charge in [0.25, 0.3) is 0 Å². The molecule has 0 saturated heterocycles. The highest BCUT2D eigenvalue weighted by molar-refractivity contribution is 5.36. The molecule has 0 bridgehead atoms. The summed E-state index contributed by atoms with van der Waals surface area (Å²) in [6.45, 7) is 0.0103. The van der Waals surface area contributed by atoms with Crippen LogP contribution in [0.3, 0.4) is 0 Å². The predicted molar refractivity (Wildman–Crippen MR) is 61.9 cm³/mol. The number of nitrogens with one attached hydrogen (secondary N) is 1. The molecule has 2 unspecified atom stereocenters. The molecule has 1 aromatic rings. The van der Waals surface area contributed by atoms with Crippen molar-refractivity contribution in [1.29, 1.82) is 0 Å². The summed E-state index contributed by atoms with van der Waals surface area (Å²) in [6, 6.07) is 5.52. The molecule has 1 aromatic heterocycles. The highest BCUT2D eigenvalue weighted by atomic mass is 16.3. The molecule has 1 fully saturated rings. The van der Waals surface area contributed by atoms with E-state index in [0.29, 0.717) is 12.2 Å². The fraction of sp³-hybridized carbons (Fsp3) is 0.583. The summed E-state index contributed by atoms with van der Waals surface area (Å²) in [7, 11) is 0. The minimum absolute atomic E-state index is 0.0103. The van der Waals surface area contributed by atoms with Gasteiger partial charge < -0.3 is 15.5 Å². The molecular weight excluding hydrogens is 204 g/mol. The van der Waals surface area contributed by atoms with Crippen molar-refractivity contribution in [3.63, 3.8) is 0 Å². The molecule has 1 aliphatic rings. The van der Waals surface area contributed by atoms with E-state index in [2.05, 4.69) is 10.3 Å². The Bertz CT molecular complexity index is 331. The summed E-state index contributed by atoms with van der Waals surface area (Å²) >= 11 is 0. The van der Waals surface area contributed by atoms with Gasteiger partial charge in [-0.25, -0.2) is 4.98 Å². The van der Waals surface area contributed by atoms with Gasteiger partial charge in [-0.15, -0.1) is 0 Å². The molecule has 16 heavy (non-hydrogen) atoms. The number of aliphatic hydroxyl groups excluding tert-OH is 1. The van der Waals surface area contributed by atoms with Crippen molar-refractivity contribution in [3.8, 4) is 0 Å². The van der Waals surface area contributed by atoms with Crippen LogP contribution in [0.2, 0.25) is 0 Å². The van der Waals surface area contributed by atoms with Crippen LogP contribution in [0, 0.1) is 5.92 Å². The Morgan fingerprint density at radius 1 is 1.44 bits per heavy atom. The number of pyridine rings is 1. The van der Waals surface area contributed by atoms with Crippen LogP contribution in [0.25, 0.3) is 0 Å². The lowest BCUT2D eigenvalue weighted by Crippen LogP contribution is -2.49. The Kier molecular flexibility index (Phi) is 3.41. The fourth-order valence-electron chi connectivity index (χ4n) is 2.29. The molecule has 0 radical (unpaired) electrons. The highest BCUT2D eigenvalue weighted by Crippen LogP contribution is 2.33. The molecule has 4 nitrogen and oxygen atoms in total. The maximum Gasteiger partial charge on any atom is 0.141 e. The molecule has 1 saturated carbocycles. The van der Waals surface area contributed by atoms with E-state index in [1.54, 1.807) is 6.20 Å². The number of rotatable bonds is 3. The summed E-state index contributed by atoms with van der Waals surface area (Å²) in [5.41, 5.74) is -1.01. The van der Waals surface area contributed by atoms with Crippen LogP contribution in [0.1, 0.15) is 25.7 Å². The van der Waals surface area contributed by atoms with Gasteiger partial charge in [-0.05, 0) is 31.4 Å². The first kappa shape index (κ1) is 11.4. The summed E-state index contributed by atoms with van der Waals surface area (Å²) in [5.74, 6) is 0.550. The molecule has 0 spiro atoms. The first-order valence-electron chi connectivity index (χ1n) is 5.77. The molecule has 0 aliphatic heterocycles. The van der Waals surface area contributed by atoms with Crippen molar-refractivity contribution < 1.29 is 10.2 Å². The number of hydrogen-bond donors (Lipinski definition) is 3. The summed E-state index contributed by atoms with van der Waals surface area (Å²) in [5, 5.41) is 22.8. The van der Waals surface area contributed by atoms with Crippen LogP contribution in [-0.2, 0) is 0 Å². The SMILES string of the molecule is OCC1CCCCC1(O)Nc1ccccn1. The first-order chi connectivity index (χ1) is 7.74. The Labute approximate surface area is 95.3 Å². The largest absolute Gasteiger partial charge is 0.396 e. The van der Waals surface area contributed by atoms with Crippen molar-refractivity contribution in [2.24, 2.45) is 5.92 Å². The molecule has 2 rings (SSSR count). The van der Waals surface area contributed by atoms with Crippen molar-refractivity contribution in [2.75, 3.05) is 11.9 Å². The van der Waals surface area contributed by atoms with E-state index in [1.807, 2.05) is 18.2 Å².